The number of rotatable bonds is 8. The van der Waals surface area contributed by atoms with Gasteiger partial charge >= 0.3 is 5.97 Å². The van der Waals surface area contributed by atoms with Crippen LogP contribution in [-0.4, -0.2) is 29.4 Å². The molecule has 0 atom stereocenters. The van der Waals surface area contributed by atoms with E-state index in [2.05, 4.69) is 5.32 Å². The fourth-order valence-corrected chi connectivity index (χ4v) is 1.90. The van der Waals surface area contributed by atoms with Crippen LogP contribution in [0, 0.1) is 10.1 Å². The van der Waals surface area contributed by atoms with Gasteiger partial charge in [-0.3, -0.25) is 14.9 Å². The zero-order valence-electron chi connectivity index (χ0n) is 13.2. The fourth-order valence-electron chi connectivity index (χ4n) is 1.90. The average Bonchev–Trinajstić information content (AvgIpc) is 2.56. The molecule has 124 valence electrons. The highest BCUT2D eigenvalue weighted by molar-refractivity contribution is 5.89. The molecule has 0 aliphatic heterocycles. The maximum atomic E-state index is 11.6. The zero-order chi connectivity index (χ0) is 17.2. The van der Waals surface area contributed by atoms with Crippen molar-refractivity contribution in [2.45, 2.75) is 32.7 Å². The van der Waals surface area contributed by atoms with E-state index in [0.717, 1.165) is 18.9 Å². The number of hydrogen-bond acceptors (Lipinski definition) is 5. The number of nitro groups is 1. The van der Waals surface area contributed by atoms with E-state index in [1.165, 1.54) is 24.3 Å². The lowest BCUT2D eigenvalue weighted by molar-refractivity contribution is -0.385. The minimum atomic E-state index is -0.733. The summed E-state index contributed by atoms with van der Waals surface area (Å²) in [6, 6.07) is 6.08. The topological polar surface area (TPSA) is 98.5 Å². The van der Waals surface area contributed by atoms with Crippen LogP contribution in [0.1, 0.15) is 32.3 Å². The van der Waals surface area contributed by atoms with Crippen molar-refractivity contribution in [1.82, 2.24) is 5.32 Å². The lowest BCUT2D eigenvalue weighted by atomic mass is 10.1. The van der Waals surface area contributed by atoms with Crippen molar-refractivity contribution < 1.29 is 19.2 Å². The molecule has 0 spiro atoms. The number of carbonyl (C=O) groups is 2. The third-order valence-corrected chi connectivity index (χ3v) is 3.23. The van der Waals surface area contributed by atoms with Gasteiger partial charge in [-0.15, -0.1) is 0 Å². The third-order valence-electron chi connectivity index (χ3n) is 3.23. The Labute approximate surface area is 134 Å². The van der Waals surface area contributed by atoms with Crippen LogP contribution in [0.3, 0.4) is 0 Å². The Kier molecular flexibility index (Phi) is 7.45. The first-order valence-electron chi connectivity index (χ1n) is 7.35. The van der Waals surface area contributed by atoms with Gasteiger partial charge in [0, 0.05) is 18.2 Å². The minimum absolute atomic E-state index is 0.0590. The minimum Gasteiger partial charge on any atom is -0.452 e. The highest BCUT2D eigenvalue weighted by Gasteiger charge is 2.11. The van der Waals surface area contributed by atoms with E-state index in [9.17, 15) is 19.7 Å². The summed E-state index contributed by atoms with van der Waals surface area (Å²) in [5, 5.41) is 13.6. The molecule has 0 heterocycles. The fraction of sp³-hybridized carbons (Fsp3) is 0.375. The number of nitrogens with zero attached hydrogens (tertiary/aromatic N) is 1. The predicted octanol–water partition coefficient (Wildman–Crippen LogP) is 2.46. The standard InChI is InChI=1S/C16H20N2O5/c1-3-13(4-2)17-15(19)11-23-16(20)10-9-12-7-5-6-8-14(12)18(21)22/h5-10,13H,3-4,11H2,1-2H3,(H,17,19)/b10-9+. The first-order chi connectivity index (χ1) is 11.0. The Morgan fingerprint density at radius 2 is 1.96 bits per heavy atom. The number of para-hydroxylation sites is 1. The molecule has 0 saturated heterocycles. The summed E-state index contributed by atoms with van der Waals surface area (Å²) in [5.74, 6) is -1.10. The van der Waals surface area contributed by atoms with Gasteiger partial charge in [0.2, 0.25) is 0 Å². The Bertz CT molecular complexity index is 594. The largest absolute Gasteiger partial charge is 0.452 e. The van der Waals surface area contributed by atoms with Gasteiger partial charge in [0.15, 0.2) is 6.61 Å². The Hall–Kier alpha value is -2.70. The molecule has 1 aromatic carbocycles. The summed E-state index contributed by atoms with van der Waals surface area (Å²) in [5.41, 5.74) is 0.180. The number of nitro benzene ring substituents is 1. The summed E-state index contributed by atoms with van der Waals surface area (Å²) in [4.78, 5) is 33.5. The molecular formula is C16H20N2O5. The molecule has 0 aliphatic rings. The van der Waals surface area contributed by atoms with Gasteiger partial charge in [-0.2, -0.15) is 0 Å². The van der Waals surface area contributed by atoms with Gasteiger partial charge in [-0.25, -0.2) is 4.79 Å². The van der Waals surface area contributed by atoms with E-state index in [1.54, 1.807) is 6.07 Å². The maximum absolute atomic E-state index is 11.6. The number of hydrogen-bond donors (Lipinski definition) is 1. The smallest absolute Gasteiger partial charge is 0.331 e. The maximum Gasteiger partial charge on any atom is 0.331 e. The predicted molar refractivity (Wildman–Crippen MR) is 85.6 cm³/mol. The number of ether oxygens (including phenoxy) is 1. The van der Waals surface area contributed by atoms with Gasteiger partial charge in [0.05, 0.1) is 10.5 Å². The molecule has 1 N–H and O–H groups in total. The molecule has 7 heteroatoms. The van der Waals surface area contributed by atoms with E-state index in [4.69, 9.17) is 4.74 Å². The second-order valence-corrected chi connectivity index (χ2v) is 4.84. The highest BCUT2D eigenvalue weighted by atomic mass is 16.6. The van der Waals surface area contributed by atoms with Crippen LogP contribution in [-0.2, 0) is 14.3 Å². The quantitative estimate of drug-likeness (QED) is 0.343. The van der Waals surface area contributed by atoms with Crippen molar-refractivity contribution in [1.29, 1.82) is 0 Å². The SMILES string of the molecule is CCC(CC)NC(=O)COC(=O)/C=C/c1ccccc1[N+](=O)[O-]. The van der Waals surface area contributed by atoms with Gasteiger partial charge in [0.1, 0.15) is 0 Å². The second-order valence-electron chi connectivity index (χ2n) is 4.84. The molecule has 7 nitrogen and oxygen atoms in total. The van der Waals surface area contributed by atoms with Crippen molar-refractivity contribution in [3.63, 3.8) is 0 Å². The molecule has 1 aromatic rings. The van der Waals surface area contributed by atoms with E-state index in [1.807, 2.05) is 13.8 Å². The van der Waals surface area contributed by atoms with Gasteiger partial charge in [-0.1, -0.05) is 26.0 Å². The van der Waals surface area contributed by atoms with E-state index >= 15 is 0 Å². The van der Waals surface area contributed by atoms with Crippen LogP contribution in [0.15, 0.2) is 30.3 Å². The van der Waals surface area contributed by atoms with Crippen LogP contribution < -0.4 is 5.32 Å². The highest BCUT2D eigenvalue weighted by Crippen LogP contribution is 2.18. The van der Waals surface area contributed by atoms with Crippen molar-refractivity contribution in [3.8, 4) is 0 Å². The Morgan fingerprint density at radius 1 is 1.30 bits per heavy atom. The van der Waals surface area contributed by atoms with Gasteiger partial charge in [-0.05, 0) is 25.0 Å². The molecule has 0 fully saturated rings. The van der Waals surface area contributed by atoms with Gasteiger partial charge in [0.25, 0.3) is 11.6 Å². The first kappa shape index (κ1) is 18.3. The van der Waals surface area contributed by atoms with Crippen LogP contribution in [0.5, 0.6) is 0 Å². The first-order valence-corrected chi connectivity index (χ1v) is 7.35. The second kappa shape index (κ2) is 9.34. The average molecular weight is 320 g/mol. The van der Waals surface area contributed by atoms with Crippen LogP contribution in [0.25, 0.3) is 6.08 Å². The normalized spacial score (nSPS) is 10.7. The van der Waals surface area contributed by atoms with Crippen molar-refractivity contribution in [2.24, 2.45) is 0 Å². The summed E-state index contributed by atoms with van der Waals surface area (Å²) in [6.07, 6.45) is 3.95. The summed E-state index contributed by atoms with van der Waals surface area (Å²) in [6.45, 7) is 3.53. The van der Waals surface area contributed by atoms with E-state index in [0.29, 0.717) is 0 Å². The molecule has 0 aromatic heterocycles. The summed E-state index contributed by atoms with van der Waals surface area (Å²) in [7, 11) is 0. The van der Waals surface area contributed by atoms with Crippen LogP contribution in [0.2, 0.25) is 0 Å². The summed E-state index contributed by atoms with van der Waals surface area (Å²) >= 11 is 0. The van der Waals surface area contributed by atoms with E-state index < -0.39 is 10.9 Å². The molecule has 0 bridgehead atoms. The van der Waals surface area contributed by atoms with Crippen molar-refractivity contribution in [3.05, 3.63) is 46.0 Å². The number of carbonyl (C=O) groups excluding carboxylic acids is 2. The van der Waals surface area contributed by atoms with Crippen LogP contribution in [0.4, 0.5) is 5.69 Å². The zero-order valence-corrected chi connectivity index (χ0v) is 13.2. The monoisotopic (exact) mass is 320 g/mol. The molecule has 1 amide bonds. The molecule has 0 saturated carbocycles. The lowest BCUT2D eigenvalue weighted by Crippen LogP contribution is -2.36. The molecule has 0 radical (unpaired) electrons. The number of amides is 1. The summed E-state index contributed by atoms with van der Waals surface area (Å²) < 4.78 is 4.81. The lowest BCUT2D eigenvalue weighted by Gasteiger charge is -2.14. The molecule has 23 heavy (non-hydrogen) atoms. The molecule has 1 rings (SSSR count). The number of benzene rings is 1. The number of esters is 1. The third kappa shape index (κ3) is 6.29. The molecule has 0 unspecified atom stereocenters. The number of nitrogens with one attached hydrogen (secondary N) is 1. The van der Waals surface area contributed by atoms with Crippen molar-refractivity contribution in [2.75, 3.05) is 6.61 Å². The van der Waals surface area contributed by atoms with E-state index in [-0.39, 0.29) is 29.8 Å². The Morgan fingerprint density at radius 3 is 2.57 bits per heavy atom. The molecular weight excluding hydrogens is 300 g/mol. The van der Waals surface area contributed by atoms with Gasteiger partial charge < -0.3 is 10.1 Å². The Balaban J connectivity index is 2.54. The van der Waals surface area contributed by atoms with Crippen molar-refractivity contribution >= 4 is 23.6 Å². The molecule has 0 aliphatic carbocycles. The van der Waals surface area contributed by atoms with Crippen LogP contribution >= 0.6 is 0 Å².